The number of aromatic nitrogens is 4. The number of nitrogens with zero attached hydrogens (tertiary/aromatic N) is 3. The molecule has 0 aromatic carbocycles. The van der Waals surface area contributed by atoms with Crippen LogP contribution in [0.3, 0.4) is 0 Å². The van der Waals surface area contributed by atoms with Crippen LogP contribution in [0.4, 0.5) is 0 Å². The Bertz CT molecular complexity index is 924. The van der Waals surface area contributed by atoms with Gasteiger partial charge in [0.2, 0.25) is 5.89 Å². The number of carbonyl (C=O) groups is 1. The molecule has 0 bridgehead atoms. The highest BCUT2D eigenvalue weighted by Crippen LogP contribution is 2.27. The van der Waals surface area contributed by atoms with Crippen LogP contribution in [-0.4, -0.2) is 26.1 Å². The minimum absolute atomic E-state index is 0.115. The van der Waals surface area contributed by atoms with Crippen LogP contribution in [0, 0.1) is 20.8 Å². The van der Waals surface area contributed by atoms with Crippen LogP contribution in [0.25, 0.3) is 10.2 Å². The number of aryl methyl sites for hydroxylation is 3. The minimum atomic E-state index is -0.548. The summed E-state index contributed by atoms with van der Waals surface area (Å²) in [6.07, 6.45) is 0. The Morgan fingerprint density at radius 1 is 1.32 bits per heavy atom. The number of carbonyl (C=O) groups excluding carboxylic acids is 1. The van der Waals surface area contributed by atoms with Crippen molar-refractivity contribution < 1.29 is 13.9 Å². The maximum Gasteiger partial charge on any atom is 0.349 e. The third-order valence-corrected chi connectivity index (χ3v) is 4.16. The van der Waals surface area contributed by atoms with Crippen LogP contribution in [0.15, 0.2) is 9.21 Å². The van der Waals surface area contributed by atoms with Crippen molar-refractivity contribution in [2.75, 3.05) is 0 Å². The maximum absolute atomic E-state index is 12.2. The first-order valence-corrected chi connectivity index (χ1v) is 7.23. The number of fused-ring (bicyclic) bond motifs is 1. The number of aromatic amines is 1. The van der Waals surface area contributed by atoms with Gasteiger partial charge in [0.05, 0.1) is 5.39 Å². The van der Waals surface area contributed by atoms with Gasteiger partial charge in [-0.15, -0.1) is 21.5 Å². The molecule has 0 aliphatic rings. The normalized spacial score (nSPS) is 11.0. The number of nitrogens with one attached hydrogen (secondary N) is 1. The molecule has 0 aliphatic carbocycles. The van der Waals surface area contributed by atoms with Crippen LogP contribution < -0.4 is 5.56 Å². The van der Waals surface area contributed by atoms with Gasteiger partial charge in [0.25, 0.3) is 11.4 Å². The number of H-pyrrole nitrogens is 1. The molecule has 0 saturated carbocycles. The van der Waals surface area contributed by atoms with Crippen LogP contribution in [0.1, 0.15) is 32.8 Å². The van der Waals surface area contributed by atoms with Gasteiger partial charge in [-0.2, -0.15) is 0 Å². The Morgan fingerprint density at radius 3 is 2.77 bits per heavy atom. The molecular weight excluding hydrogens is 308 g/mol. The lowest BCUT2D eigenvalue weighted by Crippen LogP contribution is -2.10. The first-order chi connectivity index (χ1) is 10.5. The van der Waals surface area contributed by atoms with Gasteiger partial charge in [0, 0.05) is 6.92 Å². The van der Waals surface area contributed by atoms with E-state index in [1.807, 2.05) is 0 Å². The summed E-state index contributed by atoms with van der Waals surface area (Å²) in [5, 5.41) is 7.81. The third kappa shape index (κ3) is 2.50. The Balaban J connectivity index is 1.89. The Hall–Kier alpha value is -2.55. The molecule has 3 rings (SSSR count). The molecule has 1 N–H and O–H groups in total. The largest absolute Gasteiger partial charge is 0.451 e. The molecule has 3 heterocycles. The fourth-order valence-electron chi connectivity index (χ4n) is 2.03. The Labute approximate surface area is 128 Å². The number of rotatable bonds is 3. The molecule has 0 aliphatic heterocycles. The molecule has 0 fully saturated rings. The van der Waals surface area contributed by atoms with Crippen molar-refractivity contribution in [3.8, 4) is 0 Å². The smallest absolute Gasteiger partial charge is 0.349 e. The second kappa shape index (κ2) is 5.34. The topological polar surface area (TPSA) is 111 Å². The summed E-state index contributed by atoms with van der Waals surface area (Å²) in [6.45, 7) is 4.91. The molecule has 0 unspecified atom stereocenters. The summed E-state index contributed by atoms with van der Waals surface area (Å²) < 4.78 is 10.3. The molecule has 3 aromatic rings. The van der Waals surface area contributed by atoms with E-state index in [4.69, 9.17) is 9.15 Å². The zero-order valence-corrected chi connectivity index (χ0v) is 12.9. The predicted molar refractivity (Wildman–Crippen MR) is 77.9 cm³/mol. The van der Waals surface area contributed by atoms with Crippen molar-refractivity contribution in [2.24, 2.45) is 0 Å². The van der Waals surface area contributed by atoms with Gasteiger partial charge >= 0.3 is 5.97 Å². The molecular formula is C13H12N4O4S. The van der Waals surface area contributed by atoms with E-state index >= 15 is 0 Å². The number of esters is 1. The first-order valence-electron chi connectivity index (χ1n) is 6.42. The van der Waals surface area contributed by atoms with E-state index in [0.29, 0.717) is 32.4 Å². The first kappa shape index (κ1) is 14.4. The fourth-order valence-corrected chi connectivity index (χ4v) is 3.16. The molecule has 8 nitrogen and oxygen atoms in total. The van der Waals surface area contributed by atoms with E-state index in [1.54, 1.807) is 20.8 Å². The fraction of sp³-hybridized carbons (Fsp3) is 0.308. The molecule has 3 aromatic heterocycles. The second-order valence-corrected chi connectivity index (χ2v) is 5.68. The lowest BCUT2D eigenvalue weighted by atomic mass is 10.2. The molecule has 0 radical (unpaired) electrons. The lowest BCUT2D eigenvalue weighted by molar-refractivity contribution is 0.0442. The Morgan fingerprint density at radius 2 is 2.09 bits per heavy atom. The van der Waals surface area contributed by atoms with Crippen molar-refractivity contribution in [1.82, 2.24) is 20.2 Å². The van der Waals surface area contributed by atoms with Crippen LogP contribution in [0.5, 0.6) is 0 Å². The van der Waals surface area contributed by atoms with Crippen LogP contribution in [-0.2, 0) is 11.3 Å². The summed E-state index contributed by atoms with van der Waals surface area (Å²) in [6, 6.07) is 0. The van der Waals surface area contributed by atoms with Gasteiger partial charge in [-0.25, -0.2) is 9.78 Å². The molecule has 0 spiro atoms. The van der Waals surface area contributed by atoms with E-state index in [0.717, 1.165) is 11.3 Å². The molecule has 9 heteroatoms. The lowest BCUT2D eigenvalue weighted by Gasteiger charge is -2.00. The standard InChI is InChI=1S/C13H12N4O4S/c1-5-9-11(18)14-6(2)15-12(9)22-10(5)13(19)20-4-8-17-16-7(3)21-8/h4H2,1-3H3,(H,14,15,18). The molecule has 0 atom stereocenters. The highest BCUT2D eigenvalue weighted by molar-refractivity contribution is 7.20. The average Bonchev–Trinajstić information content (AvgIpc) is 3.00. The van der Waals surface area contributed by atoms with E-state index in [2.05, 4.69) is 20.2 Å². The average molecular weight is 320 g/mol. The highest BCUT2D eigenvalue weighted by atomic mass is 32.1. The van der Waals surface area contributed by atoms with Gasteiger partial charge in [-0.1, -0.05) is 0 Å². The van der Waals surface area contributed by atoms with Gasteiger partial charge in [0.1, 0.15) is 15.5 Å². The maximum atomic E-state index is 12.2. The second-order valence-electron chi connectivity index (χ2n) is 4.68. The molecule has 22 heavy (non-hydrogen) atoms. The van der Waals surface area contributed by atoms with Gasteiger partial charge in [-0.05, 0) is 19.4 Å². The number of thiophene rings is 1. The monoisotopic (exact) mass is 320 g/mol. The number of hydrogen-bond acceptors (Lipinski definition) is 8. The van der Waals surface area contributed by atoms with Crippen molar-refractivity contribution in [1.29, 1.82) is 0 Å². The quantitative estimate of drug-likeness (QED) is 0.730. The molecule has 0 amide bonds. The van der Waals surface area contributed by atoms with Crippen molar-refractivity contribution in [3.05, 3.63) is 38.4 Å². The SMILES string of the molecule is Cc1nc2sc(C(=O)OCc3nnc(C)o3)c(C)c2c(=O)[nH]1. The Kier molecular flexibility index (Phi) is 3.49. The molecule has 0 saturated heterocycles. The van der Waals surface area contributed by atoms with Gasteiger partial charge in [-0.3, -0.25) is 4.79 Å². The van der Waals surface area contributed by atoms with E-state index in [9.17, 15) is 9.59 Å². The van der Waals surface area contributed by atoms with Gasteiger partial charge < -0.3 is 14.1 Å². The third-order valence-electron chi connectivity index (χ3n) is 3.00. The summed E-state index contributed by atoms with van der Waals surface area (Å²) in [5.41, 5.74) is 0.295. The van der Waals surface area contributed by atoms with E-state index < -0.39 is 5.97 Å². The van der Waals surface area contributed by atoms with Crippen molar-refractivity contribution in [2.45, 2.75) is 27.4 Å². The zero-order chi connectivity index (χ0) is 15.9. The van der Waals surface area contributed by atoms with Gasteiger partial charge in [0.15, 0.2) is 6.61 Å². The van der Waals surface area contributed by atoms with E-state index in [-0.39, 0.29) is 18.1 Å². The molecule has 114 valence electrons. The predicted octanol–water partition coefficient (Wildman–Crippen LogP) is 1.65. The number of hydrogen-bond donors (Lipinski definition) is 1. The minimum Gasteiger partial charge on any atom is -0.451 e. The number of ether oxygens (including phenoxy) is 1. The summed E-state index contributed by atoms with van der Waals surface area (Å²) in [5.74, 6) is 0.570. The van der Waals surface area contributed by atoms with E-state index in [1.165, 1.54) is 0 Å². The van der Waals surface area contributed by atoms with Crippen LogP contribution >= 0.6 is 11.3 Å². The highest BCUT2D eigenvalue weighted by Gasteiger charge is 2.20. The zero-order valence-electron chi connectivity index (χ0n) is 12.1. The van der Waals surface area contributed by atoms with Crippen molar-refractivity contribution >= 4 is 27.5 Å². The summed E-state index contributed by atoms with van der Waals surface area (Å²) in [7, 11) is 0. The van der Waals surface area contributed by atoms with Crippen molar-refractivity contribution in [3.63, 3.8) is 0 Å². The summed E-state index contributed by atoms with van der Waals surface area (Å²) >= 11 is 1.13. The summed E-state index contributed by atoms with van der Waals surface area (Å²) in [4.78, 5) is 31.8. The van der Waals surface area contributed by atoms with Crippen LogP contribution in [0.2, 0.25) is 0 Å².